The molecule has 1 aliphatic rings. The van der Waals surface area contributed by atoms with Gasteiger partial charge in [-0.2, -0.15) is 0 Å². The molecule has 4 atom stereocenters. The Morgan fingerprint density at radius 2 is 0.985 bits per heavy atom. The highest BCUT2D eigenvalue weighted by Crippen LogP contribution is 2.58. The average molecular weight is 935 g/mol. The molecule has 5 aromatic carbocycles. The largest absolute Gasteiger partial charge is 0.504 e. The summed E-state index contributed by atoms with van der Waals surface area (Å²) in [4.78, 5) is 81.9. The number of phenols is 13. The first-order valence-electron chi connectivity index (χ1n) is 18.4. The van der Waals surface area contributed by atoms with E-state index < -0.39 is 207 Å². The normalized spacial score (nSPS) is 16.1. The van der Waals surface area contributed by atoms with Crippen molar-refractivity contribution >= 4 is 56.9 Å². The fourth-order valence-electron chi connectivity index (χ4n) is 7.59. The summed E-state index contributed by atoms with van der Waals surface area (Å²) < 4.78 is 26.2. The van der Waals surface area contributed by atoms with Gasteiger partial charge in [0.2, 0.25) is 23.0 Å². The maximum Gasteiger partial charge on any atom is 0.345 e. The minimum Gasteiger partial charge on any atom is -0.504 e. The molecule has 7 aromatic rings. The van der Waals surface area contributed by atoms with Crippen molar-refractivity contribution in [3.8, 4) is 97.0 Å². The minimum atomic E-state index is -2.77. The first-order chi connectivity index (χ1) is 31.5. The van der Waals surface area contributed by atoms with E-state index in [1.54, 1.807) is 0 Å². The van der Waals surface area contributed by atoms with E-state index in [1.165, 1.54) is 0 Å². The van der Waals surface area contributed by atoms with Gasteiger partial charge in [-0.15, -0.1) is 0 Å². The number of hydrogen-bond acceptors (Lipinski definition) is 26. The molecule has 6 bridgehead atoms. The maximum atomic E-state index is 14.4. The van der Waals surface area contributed by atoms with Gasteiger partial charge in [0.05, 0.1) is 27.5 Å². The lowest BCUT2D eigenvalue weighted by atomic mass is 9.88. The Morgan fingerprint density at radius 1 is 0.567 bits per heavy atom. The van der Waals surface area contributed by atoms with Crippen LogP contribution in [0.25, 0.3) is 55.0 Å². The quantitative estimate of drug-likeness (QED) is 0.0284. The Bertz CT molecular complexity index is 3450. The molecule has 0 spiro atoms. The van der Waals surface area contributed by atoms with E-state index in [0.717, 1.165) is 0 Å². The zero-order valence-corrected chi connectivity index (χ0v) is 32.6. The van der Waals surface area contributed by atoms with Gasteiger partial charge in [0.1, 0.15) is 18.8 Å². The summed E-state index contributed by atoms with van der Waals surface area (Å²) in [5.41, 5.74) is -14.0. The van der Waals surface area contributed by atoms with Crippen molar-refractivity contribution in [1.29, 1.82) is 0 Å². The van der Waals surface area contributed by atoms with Crippen LogP contribution in [0, 0.1) is 0 Å². The molecule has 3 heterocycles. The molecule has 0 saturated heterocycles. The molecule has 67 heavy (non-hydrogen) atoms. The number of aromatic hydroxyl groups is 13. The van der Waals surface area contributed by atoms with Crippen LogP contribution in [0.15, 0.2) is 42.7 Å². The standard InChI is InChI=1S/C41H26O26/c42-5-14(47)33(64-37(58)7-1-10(43)24(49)11(44)2-7)34-15(48)6-63-38(59)8-3-12(45)25(50)27(52)16(8)18-22-20-21-23(41(62)67-35(20)31(56)29(18)54)19(30(55)32(57)36(21)66-40(22)61)17-9(39(60)65-34)4-13(46)26(51)28(17)53/h1-5,14-15,33-34,43-57H,6H2/t14-,15+,33+,34+/m0/s1. The van der Waals surface area contributed by atoms with Crippen LogP contribution in [0.2, 0.25) is 0 Å². The van der Waals surface area contributed by atoms with Crippen molar-refractivity contribution in [3.05, 3.63) is 61.8 Å². The molecule has 346 valence electrons. The molecule has 0 fully saturated rings. The van der Waals surface area contributed by atoms with Crippen LogP contribution < -0.4 is 11.3 Å². The van der Waals surface area contributed by atoms with Crippen molar-refractivity contribution in [2.75, 3.05) is 6.61 Å². The lowest BCUT2D eigenvalue weighted by molar-refractivity contribution is -0.140. The van der Waals surface area contributed by atoms with E-state index in [2.05, 4.69) is 0 Å². The number of fused-ring (bicyclic) bond motifs is 4. The zero-order chi connectivity index (χ0) is 49.0. The Labute approximate surface area is 365 Å². The molecule has 8 rings (SSSR count). The number of aldehydes is 1. The Kier molecular flexibility index (Phi) is 10.1. The van der Waals surface area contributed by atoms with E-state index in [9.17, 15) is 105 Å². The van der Waals surface area contributed by atoms with Gasteiger partial charge in [0, 0.05) is 33.0 Å². The number of carbonyl (C=O) groups is 4. The number of phenolic OH excluding ortho intramolecular Hbond substituents is 13. The highest BCUT2D eigenvalue weighted by Gasteiger charge is 2.43. The molecule has 26 nitrogen and oxygen atoms in total. The molecule has 1 aliphatic heterocycles. The second kappa shape index (κ2) is 15.3. The van der Waals surface area contributed by atoms with E-state index in [-0.39, 0.29) is 12.4 Å². The molecule has 0 amide bonds. The van der Waals surface area contributed by atoms with Gasteiger partial charge in [0.15, 0.2) is 81.4 Å². The first-order valence-corrected chi connectivity index (χ1v) is 18.4. The molecule has 0 radical (unpaired) electrons. The Balaban J connectivity index is 1.50. The number of esters is 3. The highest BCUT2D eigenvalue weighted by molar-refractivity contribution is 6.29. The smallest absolute Gasteiger partial charge is 0.345 e. The molecular weight excluding hydrogens is 908 g/mol. The predicted molar refractivity (Wildman–Crippen MR) is 213 cm³/mol. The molecule has 2 aromatic heterocycles. The van der Waals surface area contributed by atoms with Crippen molar-refractivity contribution in [2.45, 2.75) is 24.4 Å². The van der Waals surface area contributed by atoms with Crippen LogP contribution in [-0.2, 0) is 19.0 Å². The number of benzene rings is 5. The third-order valence-electron chi connectivity index (χ3n) is 10.7. The first kappa shape index (κ1) is 44.1. The van der Waals surface area contributed by atoms with Crippen LogP contribution in [0.4, 0.5) is 0 Å². The minimum absolute atomic E-state index is 0.278. The van der Waals surface area contributed by atoms with E-state index >= 15 is 0 Å². The van der Waals surface area contributed by atoms with Crippen molar-refractivity contribution in [2.24, 2.45) is 0 Å². The summed E-state index contributed by atoms with van der Waals surface area (Å²) >= 11 is 0. The lowest BCUT2D eigenvalue weighted by Crippen LogP contribution is -2.51. The van der Waals surface area contributed by atoms with Gasteiger partial charge >= 0.3 is 29.2 Å². The van der Waals surface area contributed by atoms with Crippen LogP contribution in [-0.4, -0.2) is 132 Å². The van der Waals surface area contributed by atoms with Gasteiger partial charge in [-0.1, -0.05) is 0 Å². The van der Waals surface area contributed by atoms with Crippen molar-refractivity contribution in [3.63, 3.8) is 0 Å². The van der Waals surface area contributed by atoms with Crippen LogP contribution in [0.1, 0.15) is 31.1 Å². The Morgan fingerprint density at radius 3 is 1.43 bits per heavy atom. The fourth-order valence-corrected chi connectivity index (χ4v) is 7.59. The Hall–Kier alpha value is -9.56. The average Bonchev–Trinajstić information content (AvgIpc) is 3.28. The van der Waals surface area contributed by atoms with Crippen LogP contribution in [0.3, 0.4) is 0 Å². The van der Waals surface area contributed by atoms with E-state index in [0.29, 0.717) is 18.2 Å². The molecule has 26 heteroatoms. The van der Waals surface area contributed by atoms with Crippen molar-refractivity contribution in [1.82, 2.24) is 0 Å². The molecule has 0 saturated carbocycles. The topological polar surface area (TPSA) is 460 Å². The number of cyclic esters (lactones) is 2. The van der Waals surface area contributed by atoms with Crippen LogP contribution in [0.5, 0.6) is 74.7 Å². The van der Waals surface area contributed by atoms with Gasteiger partial charge in [0.25, 0.3) is 0 Å². The lowest BCUT2D eigenvalue weighted by Gasteiger charge is -2.31. The predicted octanol–water partition coefficient (Wildman–Crippen LogP) is 0.839. The van der Waals surface area contributed by atoms with Crippen molar-refractivity contribution < 1.29 is 119 Å². The summed E-state index contributed by atoms with van der Waals surface area (Å²) in [5, 5.41) is 159. The second-order valence-electron chi connectivity index (χ2n) is 14.5. The second-order valence-corrected chi connectivity index (χ2v) is 14.5. The molecule has 0 aliphatic carbocycles. The number of hydrogen-bond donors (Lipinski definition) is 15. The number of ether oxygens (including phenoxy) is 3. The molecule has 0 unspecified atom stereocenters. The van der Waals surface area contributed by atoms with Gasteiger partial charge < -0.3 is 104 Å². The maximum absolute atomic E-state index is 14.4. The fraction of sp³-hybridized carbons (Fsp3) is 0.122. The highest BCUT2D eigenvalue weighted by atomic mass is 16.6. The number of rotatable bonds is 5. The third-order valence-corrected chi connectivity index (χ3v) is 10.7. The van der Waals surface area contributed by atoms with Crippen LogP contribution >= 0.6 is 0 Å². The summed E-state index contributed by atoms with van der Waals surface area (Å²) in [5.74, 6) is -24.0. The van der Waals surface area contributed by atoms with E-state index in [4.69, 9.17) is 23.0 Å². The van der Waals surface area contributed by atoms with Gasteiger partial charge in [-0.05, 0) is 24.3 Å². The van der Waals surface area contributed by atoms with E-state index in [1.807, 2.05) is 0 Å². The monoisotopic (exact) mass is 934 g/mol. The SMILES string of the molecule is O=C[C@H](O)[C@@H](OC(=O)c1cc(O)c(O)c(O)c1)[C@@H]1OC(=O)c2cc(O)c(O)c(O)c2-c2c(O)c(O)c3oc(=O)c4c(c(O)c(O)c5oc(=O)c2c3c54)-c2c(cc(O)c(O)c2O)C(=O)OC[C@H]1O. The summed E-state index contributed by atoms with van der Waals surface area (Å²) in [6.45, 7) is -1.56. The summed E-state index contributed by atoms with van der Waals surface area (Å²) in [6.07, 6.45) is -11.2. The van der Waals surface area contributed by atoms with Gasteiger partial charge in [-0.3, -0.25) is 0 Å². The number of aliphatic hydroxyl groups excluding tert-OH is 2. The number of aliphatic hydroxyl groups is 2. The third kappa shape index (κ3) is 6.42. The molecule has 15 N–H and O–H groups in total. The zero-order valence-electron chi connectivity index (χ0n) is 32.6. The number of carbonyl (C=O) groups excluding carboxylic acids is 4. The molecular formula is C41H26O26. The summed E-state index contributed by atoms with van der Waals surface area (Å²) in [6, 6.07) is 1.63. The van der Waals surface area contributed by atoms with Gasteiger partial charge in [-0.25, -0.2) is 24.0 Å². The summed E-state index contributed by atoms with van der Waals surface area (Å²) in [7, 11) is 0.